The highest BCUT2D eigenvalue weighted by atomic mass is 16.2. The van der Waals surface area contributed by atoms with E-state index in [0.29, 0.717) is 12.5 Å². The lowest BCUT2D eigenvalue weighted by molar-refractivity contribution is -0.125. The van der Waals surface area contributed by atoms with Crippen molar-refractivity contribution in [3.8, 4) is 0 Å². The summed E-state index contributed by atoms with van der Waals surface area (Å²) in [6, 6.07) is -0.217. The van der Waals surface area contributed by atoms with E-state index < -0.39 is 0 Å². The zero-order valence-corrected chi connectivity index (χ0v) is 9.32. The van der Waals surface area contributed by atoms with Gasteiger partial charge < -0.3 is 4.90 Å². The van der Waals surface area contributed by atoms with Crippen molar-refractivity contribution in [3.05, 3.63) is 0 Å². The quantitative estimate of drug-likeness (QED) is 0.761. The van der Waals surface area contributed by atoms with E-state index in [1.54, 1.807) is 4.90 Å². The number of urea groups is 1. The fraction of sp³-hybridized carbons (Fsp3) is 0.818. The molecule has 0 aromatic heterocycles. The summed E-state index contributed by atoms with van der Waals surface area (Å²) in [5.74, 6) is 1.14. The number of carbonyl (C=O) groups excluding carboxylic acids is 2. The number of carbonyl (C=O) groups is 2. The fourth-order valence-corrected chi connectivity index (χ4v) is 2.12. The van der Waals surface area contributed by atoms with Gasteiger partial charge in [0.05, 0.1) is 5.92 Å². The van der Waals surface area contributed by atoms with Gasteiger partial charge in [0.25, 0.3) is 0 Å². The number of rotatable bonds is 3. The van der Waals surface area contributed by atoms with Crippen molar-refractivity contribution in [3.63, 3.8) is 0 Å². The molecule has 0 bridgehead atoms. The van der Waals surface area contributed by atoms with Crippen molar-refractivity contribution in [2.24, 2.45) is 17.8 Å². The van der Waals surface area contributed by atoms with Crippen LogP contribution in [0.4, 0.5) is 4.79 Å². The zero-order valence-electron chi connectivity index (χ0n) is 9.32. The minimum Gasteiger partial charge on any atom is -0.323 e. The van der Waals surface area contributed by atoms with Crippen molar-refractivity contribution in [2.75, 3.05) is 13.1 Å². The molecule has 2 aliphatic rings. The van der Waals surface area contributed by atoms with Crippen LogP contribution in [0.15, 0.2) is 0 Å². The van der Waals surface area contributed by atoms with Crippen LogP contribution in [0.2, 0.25) is 0 Å². The molecule has 1 aliphatic carbocycles. The molecule has 0 radical (unpaired) electrons. The van der Waals surface area contributed by atoms with E-state index in [1.165, 1.54) is 12.8 Å². The Kier molecular flexibility index (Phi) is 2.67. The lowest BCUT2D eigenvalue weighted by Gasteiger charge is -2.32. The molecule has 4 heteroatoms. The topological polar surface area (TPSA) is 49.4 Å². The predicted molar refractivity (Wildman–Crippen MR) is 56.2 cm³/mol. The van der Waals surface area contributed by atoms with Crippen LogP contribution >= 0.6 is 0 Å². The summed E-state index contributed by atoms with van der Waals surface area (Å²) >= 11 is 0. The second-order valence-corrected chi connectivity index (χ2v) is 4.92. The van der Waals surface area contributed by atoms with E-state index in [4.69, 9.17) is 0 Å². The van der Waals surface area contributed by atoms with Gasteiger partial charge in [0.1, 0.15) is 0 Å². The molecule has 1 N–H and O–H groups in total. The lowest BCUT2D eigenvalue weighted by Crippen LogP contribution is -2.54. The van der Waals surface area contributed by atoms with E-state index in [1.807, 2.05) is 6.92 Å². The van der Waals surface area contributed by atoms with Gasteiger partial charge in [-0.25, -0.2) is 4.79 Å². The first-order chi connectivity index (χ1) is 7.08. The van der Waals surface area contributed by atoms with Crippen molar-refractivity contribution < 1.29 is 9.59 Å². The highest BCUT2D eigenvalue weighted by Gasteiger charge is 2.34. The Bertz CT molecular complexity index is 286. The number of hydrogen-bond acceptors (Lipinski definition) is 2. The summed E-state index contributed by atoms with van der Waals surface area (Å²) in [6.45, 7) is 5.40. The van der Waals surface area contributed by atoms with Gasteiger partial charge in [-0.2, -0.15) is 0 Å². The summed E-state index contributed by atoms with van der Waals surface area (Å²) < 4.78 is 0. The minimum absolute atomic E-state index is 0.0749. The molecular weight excluding hydrogens is 192 g/mol. The molecule has 2 rings (SSSR count). The molecule has 1 heterocycles. The molecule has 3 amide bonds. The van der Waals surface area contributed by atoms with E-state index in [0.717, 1.165) is 12.5 Å². The van der Waals surface area contributed by atoms with Gasteiger partial charge in [-0.05, 0) is 24.7 Å². The zero-order chi connectivity index (χ0) is 11.0. The smallest absolute Gasteiger partial charge is 0.323 e. The third-order valence-electron chi connectivity index (χ3n) is 3.39. The number of amides is 3. The van der Waals surface area contributed by atoms with Gasteiger partial charge in [-0.15, -0.1) is 0 Å². The molecule has 84 valence electrons. The monoisotopic (exact) mass is 210 g/mol. The third-order valence-corrected chi connectivity index (χ3v) is 3.39. The average Bonchev–Trinajstić information content (AvgIpc) is 2.97. The van der Waals surface area contributed by atoms with Crippen molar-refractivity contribution in [1.29, 1.82) is 0 Å². The van der Waals surface area contributed by atoms with Gasteiger partial charge in [0.15, 0.2) is 0 Å². The van der Waals surface area contributed by atoms with Crippen LogP contribution in [0, 0.1) is 17.8 Å². The molecule has 4 nitrogen and oxygen atoms in total. The van der Waals surface area contributed by atoms with Crippen LogP contribution in [0.1, 0.15) is 26.7 Å². The molecule has 0 spiro atoms. The molecule has 1 saturated carbocycles. The first-order valence-electron chi connectivity index (χ1n) is 5.67. The molecule has 0 aromatic rings. The summed E-state index contributed by atoms with van der Waals surface area (Å²) in [5.41, 5.74) is 0. The molecule has 1 saturated heterocycles. The second kappa shape index (κ2) is 3.83. The summed E-state index contributed by atoms with van der Waals surface area (Å²) in [7, 11) is 0. The Morgan fingerprint density at radius 2 is 2.13 bits per heavy atom. The van der Waals surface area contributed by atoms with Crippen molar-refractivity contribution in [1.82, 2.24) is 10.2 Å². The molecule has 2 atom stereocenters. The maximum absolute atomic E-state index is 11.5. The molecule has 15 heavy (non-hydrogen) atoms. The second-order valence-electron chi connectivity index (χ2n) is 4.92. The average molecular weight is 210 g/mol. The maximum Gasteiger partial charge on any atom is 0.324 e. The van der Waals surface area contributed by atoms with E-state index >= 15 is 0 Å². The SMILES string of the molecule is CC1CN(CC(C)C2CC2)C(=O)NC1=O. The third kappa shape index (κ3) is 2.30. The van der Waals surface area contributed by atoms with E-state index in [-0.39, 0.29) is 17.9 Å². The first-order valence-corrected chi connectivity index (χ1v) is 5.67. The molecule has 2 unspecified atom stereocenters. The first kappa shape index (κ1) is 10.5. The van der Waals surface area contributed by atoms with Crippen molar-refractivity contribution in [2.45, 2.75) is 26.7 Å². The standard InChI is InChI=1S/C11H18N2O2/c1-7(9-3-4-9)5-13-6-8(2)10(14)12-11(13)15/h7-9H,3-6H2,1-2H3,(H,12,14,15). The van der Waals surface area contributed by atoms with Gasteiger partial charge in [0.2, 0.25) is 5.91 Å². The van der Waals surface area contributed by atoms with Gasteiger partial charge >= 0.3 is 6.03 Å². The Hall–Kier alpha value is -1.06. The Balaban J connectivity index is 1.90. The van der Waals surface area contributed by atoms with Gasteiger partial charge in [0, 0.05) is 13.1 Å². The van der Waals surface area contributed by atoms with Crippen LogP contribution in [0.5, 0.6) is 0 Å². The maximum atomic E-state index is 11.5. The van der Waals surface area contributed by atoms with Gasteiger partial charge in [-0.3, -0.25) is 10.1 Å². The Morgan fingerprint density at radius 3 is 2.73 bits per heavy atom. The molecule has 2 fully saturated rings. The summed E-state index contributed by atoms with van der Waals surface area (Å²) in [5, 5.41) is 2.39. The lowest BCUT2D eigenvalue weighted by atomic mass is 10.0. The molecular formula is C11H18N2O2. The van der Waals surface area contributed by atoms with Crippen LogP contribution in [0.3, 0.4) is 0 Å². The molecule has 1 aliphatic heterocycles. The number of nitrogens with one attached hydrogen (secondary N) is 1. The van der Waals surface area contributed by atoms with E-state index in [2.05, 4.69) is 12.2 Å². The largest absolute Gasteiger partial charge is 0.324 e. The number of nitrogens with zero attached hydrogens (tertiary/aromatic N) is 1. The van der Waals surface area contributed by atoms with Crippen molar-refractivity contribution >= 4 is 11.9 Å². The molecule has 0 aromatic carbocycles. The normalized spacial score (nSPS) is 28.9. The summed E-state index contributed by atoms with van der Waals surface area (Å²) in [6.07, 6.45) is 2.59. The highest BCUT2D eigenvalue weighted by Crippen LogP contribution is 2.37. The number of hydrogen-bond donors (Lipinski definition) is 1. The predicted octanol–water partition coefficient (Wildman–Crippen LogP) is 1.22. The minimum atomic E-state index is -0.217. The van der Waals surface area contributed by atoms with Gasteiger partial charge in [-0.1, -0.05) is 13.8 Å². The fourth-order valence-electron chi connectivity index (χ4n) is 2.12. The Morgan fingerprint density at radius 1 is 1.47 bits per heavy atom. The van der Waals surface area contributed by atoms with Crippen LogP contribution in [-0.2, 0) is 4.79 Å². The summed E-state index contributed by atoms with van der Waals surface area (Å²) in [4.78, 5) is 24.5. The van der Waals surface area contributed by atoms with Crippen LogP contribution in [-0.4, -0.2) is 29.9 Å². The van der Waals surface area contributed by atoms with Crippen LogP contribution < -0.4 is 5.32 Å². The number of imide groups is 1. The Labute approximate surface area is 90.0 Å². The van der Waals surface area contributed by atoms with E-state index in [9.17, 15) is 9.59 Å². The van der Waals surface area contributed by atoms with Crippen LogP contribution in [0.25, 0.3) is 0 Å². The highest BCUT2D eigenvalue weighted by molar-refractivity contribution is 5.97.